The lowest BCUT2D eigenvalue weighted by atomic mass is 9.81. The summed E-state index contributed by atoms with van der Waals surface area (Å²) in [7, 11) is 1.55. The third-order valence-electron chi connectivity index (χ3n) is 7.28. The maximum Gasteiger partial charge on any atom is 0.335 e. The van der Waals surface area contributed by atoms with Crippen molar-refractivity contribution in [3.05, 3.63) is 124 Å². The molecule has 2 N–H and O–H groups in total. The molecule has 7 nitrogen and oxygen atoms in total. The molecule has 6 rings (SSSR count). The number of methoxy groups -OCH3 is 1. The Morgan fingerprint density at radius 2 is 1.69 bits per heavy atom. The van der Waals surface area contributed by atoms with E-state index in [2.05, 4.69) is 0 Å². The fraction of sp³-hybridized carbons (Fsp3) is 0.156. The van der Waals surface area contributed by atoms with Crippen LogP contribution in [-0.4, -0.2) is 30.1 Å². The number of hydrogen-bond donors (Lipinski definition) is 2. The monoisotopic (exact) mass is 522 g/mol. The summed E-state index contributed by atoms with van der Waals surface area (Å²) in [5.74, 6) is 1.02. The summed E-state index contributed by atoms with van der Waals surface area (Å²) in [5.41, 5.74) is 2.01. The molecule has 1 heterocycles. The van der Waals surface area contributed by atoms with Crippen LogP contribution in [0.5, 0.6) is 23.0 Å². The molecule has 39 heavy (non-hydrogen) atoms. The van der Waals surface area contributed by atoms with Gasteiger partial charge in [-0.25, -0.2) is 4.79 Å². The Bertz CT molecular complexity index is 1610. The van der Waals surface area contributed by atoms with Crippen LogP contribution in [0.4, 0.5) is 0 Å². The molecule has 0 radical (unpaired) electrons. The zero-order valence-corrected chi connectivity index (χ0v) is 21.4. The second-order valence-corrected chi connectivity index (χ2v) is 9.45. The highest BCUT2D eigenvalue weighted by atomic mass is 16.7. The average molecular weight is 523 g/mol. The lowest BCUT2D eigenvalue weighted by Gasteiger charge is -2.29. The largest absolute Gasteiger partial charge is 0.497 e. The molecule has 1 aliphatic heterocycles. The fourth-order valence-corrected chi connectivity index (χ4v) is 5.43. The molecule has 1 atom stereocenters. The summed E-state index contributed by atoms with van der Waals surface area (Å²) < 4.78 is 22.5. The molecule has 0 saturated heterocycles. The maximum atomic E-state index is 13.0. The van der Waals surface area contributed by atoms with E-state index in [1.807, 2.05) is 49.4 Å². The highest BCUT2D eigenvalue weighted by molar-refractivity contribution is 6.08. The number of aliphatic hydroxyl groups is 1. The van der Waals surface area contributed by atoms with E-state index in [0.29, 0.717) is 63.0 Å². The van der Waals surface area contributed by atoms with Crippen LogP contribution in [0.3, 0.4) is 0 Å². The van der Waals surface area contributed by atoms with E-state index >= 15 is 0 Å². The Balaban J connectivity index is 1.56. The topological polar surface area (TPSA) is 94.5 Å². The zero-order valence-electron chi connectivity index (χ0n) is 21.4. The molecule has 0 fully saturated rings. The SMILES string of the molecule is COc1ccc(C2(O)C(C(=O)O)=C(c3ccc4c(c3)OCO4)c3ccc(OCc4ccccc4)c(C)c32)cc1. The summed E-state index contributed by atoms with van der Waals surface area (Å²) in [6.07, 6.45) is 0. The van der Waals surface area contributed by atoms with Gasteiger partial charge >= 0.3 is 5.97 Å². The quantitative estimate of drug-likeness (QED) is 0.333. The molecule has 0 spiro atoms. The second kappa shape index (κ2) is 9.53. The Morgan fingerprint density at radius 3 is 2.41 bits per heavy atom. The molecule has 4 aromatic rings. The van der Waals surface area contributed by atoms with Gasteiger partial charge in [-0.05, 0) is 65.1 Å². The molecule has 1 aliphatic carbocycles. The summed E-state index contributed by atoms with van der Waals surface area (Å²) in [6.45, 7) is 2.27. The van der Waals surface area contributed by atoms with Crippen LogP contribution in [0.25, 0.3) is 5.57 Å². The first-order valence-electron chi connectivity index (χ1n) is 12.5. The van der Waals surface area contributed by atoms with Gasteiger partial charge in [0.05, 0.1) is 12.7 Å². The number of carboxylic acids is 1. The Kier molecular flexibility index (Phi) is 6.00. The third kappa shape index (κ3) is 3.99. The normalized spacial score (nSPS) is 17.2. The summed E-state index contributed by atoms with van der Waals surface area (Å²) in [4.78, 5) is 13.0. The molecule has 0 bridgehead atoms. The molecular weight excluding hydrogens is 496 g/mol. The van der Waals surface area contributed by atoms with Crippen molar-refractivity contribution >= 4 is 11.5 Å². The van der Waals surface area contributed by atoms with Crippen LogP contribution in [0.1, 0.15) is 33.4 Å². The van der Waals surface area contributed by atoms with Crippen molar-refractivity contribution in [2.24, 2.45) is 0 Å². The average Bonchev–Trinajstić information content (AvgIpc) is 3.54. The summed E-state index contributed by atoms with van der Waals surface area (Å²) in [5, 5.41) is 23.1. The molecule has 196 valence electrons. The van der Waals surface area contributed by atoms with E-state index in [-0.39, 0.29) is 12.4 Å². The second-order valence-electron chi connectivity index (χ2n) is 9.45. The van der Waals surface area contributed by atoms with E-state index in [9.17, 15) is 15.0 Å². The van der Waals surface area contributed by atoms with Gasteiger partial charge in [0.1, 0.15) is 23.7 Å². The van der Waals surface area contributed by atoms with Crippen molar-refractivity contribution in [1.82, 2.24) is 0 Å². The molecule has 0 amide bonds. The highest BCUT2D eigenvalue weighted by Gasteiger charge is 2.50. The van der Waals surface area contributed by atoms with Crippen molar-refractivity contribution in [3.63, 3.8) is 0 Å². The zero-order chi connectivity index (χ0) is 27.1. The smallest absolute Gasteiger partial charge is 0.335 e. The van der Waals surface area contributed by atoms with Crippen molar-refractivity contribution in [2.75, 3.05) is 13.9 Å². The lowest BCUT2D eigenvalue weighted by molar-refractivity contribution is -0.134. The fourth-order valence-electron chi connectivity index (χ4n) is 5.43. The van der Waals surface area contributed by atoms with Gasteiger partial charge in [-0.2, -0.15) is 0 Å². The van der Waals surface area contributed by atoms with Crippen LogP contribution in [0.2, 0.25) is 0 Å². The summed E-state index contributed by atoms with van der Waals surface area (Å²) in [6, 6.07) is 25.5. The minimum atomic E-state index is -1.96. The van der Waals surface area contributed by atoms with Gasteiger partial charge in [0.15, 0.2) is 11.5 Å². The van der Waals surface area contributed by atoms with Gasteiger partial charge in [0.25, 0.3) is 0 Å². The molecule has 2 aliphatic rings. The van der Waals surface area contributed by atoms with Crippen LogP contribution < -0.4 is 18.9 Å². The Hall–Kier alpha value is -4.75. The van der Waals surface area contributed by atoms with Gasteiger partial charge in [-0.3, -0.25) is 0 Å². The molecule has 1 unspecified atom stereocenters. The number of benzene rings is 4. The number of hydrogen-bond acceptors (Lipinski definition) is 6. The minimum Gasteiger partial charge on any atom is -0.497 e. The van der Waals surface area contributed by atoms with Crippen LogP contribution in [0, 0.1) is 6.92 Å². The highest BCUT2D eigenvalue weighted by Crippen LogP contribution is 2.54. The van der Waals surface area contributed by atoms with Crippen LogP contribution >= 0.6 is 0 Å². The Labute approximate surface area is 225 Å². The first kappa shape index (κ1) is 24.6. The number of rotatable bonds is 7. The standard InChI is InChI=1S/C32H26O7/c1-19-25(37-17-20-6-4-3-5-7-20)15-13-24-28(21-8-14-26-27(16-21)39-18-38-26)30(31(33)34)32(35,29(19)24)22-9-11-23(36-2)12-10-22/h3-16,35H,17-18H2,1-2H3,(H,33,34). The first-order valence-corrected chi connectivity index (χ1v) is 12.5. The van der Waals surface area contributed by atoms with E-state index in [1.54, 1.807) is 49.6 Å². The number of carboxylic acid groups (broad SMARTS) is 1. The molecule has 4 aromatic carbocycles. The number of aliphatic carboxylic acids is 1. The van der Waals surface area contributed by atoms with Crippen LogP contribution in [-0.2, 0) is 17.0 Å². The first-order chi connectivity index (χ1) is 18.9. The molecular formula is C32H26O7. The lowest BCUT2D eigenvalue weighted by Crippen LogP contribution is -2.32. The van der Waals surface area contributed by atoms with Crippen molar-refractivity contribution in [1.29, 1.82) is 0 Å². The van der Waals surface area contributed by atoms with Crippen molar-refractivity contribution in [3.8, 4) is 23.0 Å². The number of carbonyl (C=O) groups is 1. The Morgan fingerprint density at radius 1 is 0.949 bits per heavy atom. The molecule has 0 aromatic heterocycles. The van der Waals surface area contributed by atoms with Gasteiger partial charge in [0.2, 0.25) is 6.79 Å². The minimum absolute atomic E-state index is 0.0945. The number of ether oxygens (including phenoxy) is 4. The predicted molar refractivity (Wildman–Crippen MR) is 144 cm³/mol. The maximum absolute atomic E-state index is 13.0. The van der Waals surface area contributed by atoms with Gasteiger partial charge in [-0.15, -0.1) is 0 Å². The van der Waals surface area contributed by atoms with E-state index in [0.717, 1.165) is 5.56 Å². The van der Waals surface area contributed by atoms with E-state index in [1.165, 1.54) is 0 Å². The van der Waals surface area contributed by atoms with Crippen molar-refractivity contribution < 1.29 is 34.0 Å². The number of fused-ring (bicyclic) bond motifs is 2. The predicted octanol–water partition coefficient (Wildman–Crippen LogP) is 5.45. The van der Waals surface area contributed by atoms with Crippen molar-refractivity contribution in [2.45, 2.75) is 19.1 Å². The van der Waals surface area contributed by atoms with Crippen LogP contribution in [0.15, 0.2) is 90.5 Å². The molecule has 0 saturated carbocycles. The van der Waals surface area contributed by atoms with E-state index in [4.69, 9.17) is 18.9 Å². The van der Waals surface area contributed by atoms with E-state index < -0.39 is 11.6 Å². The van der Waals surface area contributed by atoms with Gasteiger partial charge in [0, 0.05) is 11.1 Å². The molecule has 7 heteroatoms. The van der Waals surface area contributed by atoms with Gasteiger partial charge in [-0.1, -0.05) is 54.6 Å². The third-order valence-corrected chi connectivity index (χ3v) is 7.28. The summed E-state index contributed by atoms with van der Waals surface area (Å²) >= 11 is 0. The van der Waals surface area contributed by atoms with Gasteiger partial charge < -0.3 is 29.2 Å².